The zero-order valence-corrected chi connectivity index (χ0v) is 8.71. The fourth-order valence-corrected chi connectivity index (χ4v) is 1.53. The Labute approximate surface area is 84.5 Å². The van der Waals surface area contributed by atoms with E-state index in [0.29, 0.717) is 6.61 Å². The van der Waals surface area contributed by atoms with E-state index in [1.54, 1.807) is 0 Å². The third kappa shape index (κ3) is 2.11. The number of hydrogen-bond acceptors (Lipinski definition) is 3. The molecule has 3 heteroatoms. The molecule has 1 N–H and O–H groups in total. The summed E-state index contributed by atoms with van der Waals surface area (Å²) in [4.78, 5) is 4.13. The molecule has 0 spiro atoms. The molecule has 2 heterocycles. The second-order valence-corrected chi connectivity index (χ2v) is 4.21. The van der Waals surface area contributed by atoms with Crippen LogP contribution in [0.1, 0.15) is 18.1 Å². The van der Waals surface area contributed by atoms with Crippen LogP contribution in [0.5, 0.6) is 0 Å². The summed E-state index contributed by atoms with van der Waals surface area (Å²) < 4.78 is 5.80. The summed E-state index contributed by atoms with van der Waals surface area (Å²) in [5.74, 6) is 0. The van der Waals surface area contributed by atoms with Gasteiger partial charge in [0, 0.05) is 25.5 Å². The van der Waals surface area contributed by atoms with E-state index < -0.39 is 0 Å². The molecular weight excluding hydrogens is 176 g/mol. The average molecular weight is 192 g/mol. The maximum atomic E-state index is 5.80. The van der Waals surface area contributed by atoms with E-state index in [0.717, 1.165) is 18.7 Å². The lowest BCUT2D eigenvalue weighted by atomic mass is 10.00. The largest absolute Gasteiger partial charge is 0.368 e. The summed E-state index contributed by atoms with van der Waals surface area (Å²) in [6, 6.07) is 2.11. The summed E-state index contributed by atoms with van der Waals surface area (Å²) >= 11 is 0. The SMILES string of the molecule is Cc1cncc(COC2(C)CNC2)c1. The molecule has 1 saturated heterocycles. The van der Waals surface area contributed by atoms with Gasteiger partial charge in [0.05, 0.1) is 12.2 Å². The lowest BCUT2D eigenvalue weighted by molar-refractivity contribution is -0.0768. The molecule has 0 amide bonds. The third-order valence-electron chi connectivity index (χ3n) is 2.52. The molecule has 0 unspecified atom stereocenters. The molecule has 1 aromatic rings. The maximum absolute atomic E-state index is 5.80. The molecular formula is C11H16N2O. The van der Waals surface area contributed by atoms with Crippen molar-refractivity contribution in [3.63, 3.8) is 0 Å². The number of nitrogens with zero attached hydrogens (tertiary/aromatic N) is 1. The van der Waals surface area contributed by atoms with Crippen LogP contribution in [0, 0.1) is 6.92 Å². The van der Waals surface area contributed by atoms with Crippen molar-refractivity contribution in [2.24, 2.45) is 0 Å². The van der Waals surface area contributed by atoms with E-state index in [4.69, 9.17) is 4.74 Å². The Hall–Kier alpha value is -0.930. The van der Waals surface area contributed by atoms with Crippen molar-refractivity contribution >= 4 is 0 Å². The second kappa shape index (κ2) is 3.67. The number of aromatic nitrogens is 1. The van der Waals surface area contributed by atoms with Gasteiger partial charge in [0.15, 0.2) is 0 Å². The first-order chi connectivity index (χ1) is 6.68. The first kappa shape index (κ1) is 9.62. The minimum Gasteiger partial charge on any atom is -0.368 e. The Morgan fingerprint density at radius 1 is 1.50 bits per heavy atom. The van der Waals surface area contributed by atoms with Gasteiger partial charge in [0.2, 0.25) is 0 Å². The summed E-state index contributed by atoms with van der Waals surface area (Å²) in [5, 5.41) is 3.21. The lowest BCUT2D eigenvalue weighted by Gasteiger charge is -2.39. The Morgan fingerprint density at radius 2 is 2.29 bits per heavy atom. The van der Waals surface area contributed by atoms with Crippen LogP contribution >= 0.6 is 0 Å². The van der Waals surface area contributed by atoms with Gasteiger partial charge in [-0.2, -0.15) is 0 Å². The van der Waals surface area contributed by atoms with Crippen LogP contribution in [-0.2, 0) is 11.3 Å². The van der Waals surface area contributed by atoms with Gasteiger partial charge in [0.1, 0.15) is 0 Å². The van der Waals surface area contributed by atoms with Crippen molar-refractivity contribution in [1.82, 2.24) is 10.3 Å². The van der Waals surface area contributed by atoms with Crippen LogP contribution in [0.3, 0.4) is 0 Å². The molecule has 0 radical (unpaired) electrons. The van der Waals surface area contributed by atoms with Gasteiger partial charge in [-0.25, -0.2) is 0 Å². The standard InChI is InChI=1S/C11H16N2O/c1-9-3-10(5-12-4-9)6-14-11(2)7-13-8-11/h3-5,13H,6-8H2,1-2H3. The molecule has 3 nitrogen and oxygen atoms in total. The summed E-state index contributed by atoms with van der Waals surface area (Å²) in [6.07, 6.45) is 3.72. The molecule has 1 fully saturated rings. The fraction of sp³-hybridized carbons (Fsp3) is 0.545. The van der Waals surface area contributed by atoms with Gasteiger partial charge >= 0.3 is 0 Å². The van der Waals surface area contributed by atoms with Crippen molar-refractivity contribution in [3.8, 4) is 0 Å². The van der Waals surface area contributed by atoms with E-state index in [-0.39, 0.29) is 5.60 Å². The van der Waals surface area contributed by atoms with Crippen molar-refractivity contribution < 1.29 is 4.74 Å². The highest BCUT2D eigenvalue weighted by Gasteiger charge is 2.32. The quantitative estimate of drug-likeness (QED) is 0.783. The molecule has 2 rings (SSSR count). The van der Waals surface area contributed by atoms with E-state index >= 15 is 0 Å². The second-order valence-electron chi connectivity index (χ2n) is 4.21. The minimum atomic E-state index is 0.0315. The van der Waals surface area contributed by atoms with Gasteiger partial charge in [-0.3, -0.25) is 4.98 Å². The number of aryl methyl sites for hydroxylation is 1. The zero-order chi connectivity index (χ0) is 10.0. The molecule has 1 aliphatic rings. The monoisotopic (exact) mass is 192 g/mol. The van der Waals surface area contributed by atoms with Crippen LogP contribution in [-0.4, -0.2) is 23.7 Å². The molecule has 14 heavy (non-hydrogen) atoms. The van der Waals surface area contributed by atoms with E-state index in [9.17, 15) is 0 Å². The third-order valence-corrected chi connectivity index (χ3v) is 2.52. The molecule has 0 aromatic carbocycles. The lowest BCUT2D eigenvalue weighted by Crippen LogP contribution is -2.58. The molecule has 0 saturated carbocycles. The number of rotatable bonds is 3. The number of ether oxygens (including phenoxy) is 1. The average Bonchev–Trinajstić information content (AvgIpc) is 2.12. The molecule has 1 aliphatic heterocycles. The van der Waals surface area contributed by atoms with Crippen LogP contribution in [0.2, 0.25) is 0 Å². The molecule has 0 aliphatic carbocycles. The summed E-state index contributed by atoms with van der Waals surface area (Å²) in [7, 11) is 0. The smallest absolute Gasteiger partial charge is 0.0906 e. The maximum Gasteiger partial charge on any atom is 0.0906 e. The van der Waals surface area contributed by atoms with Crippen molar-refractivity contribution in [3.05, 3.63) is 29.6 Å². The van der Waals surface area contributed by atoms with Gasteiger partial charge in [-0.15, -0.1) is 0 Å². The summed E-state index contributed by atoms with van der Waals surface area (Å²) in [6.45, 7) is 6.74. The number of hydrogen-bond donors (Lipinski definition) is 1. The Kier molecular flexibility index (Phi) is 2.52. The number of nitrogens with one attached hydrogen (secondary N) is 1. The highest BCUT2D eigenvalue weighted by Crippen LogP contribution is 2.17. The van der Waals surface area contributed by atoms with Crippen LogP contribution < -0.4 is 5.32 Å². The molecule has 76 valence electrons. The molecule has 0 bridgehead atoms. The highest BCUT2D eigenvalue weighted by atomic mass is 16.5. The van der Waals surface area contributed by atoms with Crippen LogP contribution in [0.25, 0.3) is 0 Å². The predicted octanol–water partition coefficient (Wildman–Crippen LogP) is 1.27. The fourth-order valence-electron chi connectivity index (χ4n) is 1.53. The van der Waals surface area contributed by atoms with E-state index in [1.165, 1.54) is 5.56 Å². The first-order valence-corrected chi connectivity index (χ1v) is 4.93. The Balaban J connectivity index is 1.91. The summed E-state index contributed by atoms with van der Waals surface area (Å²) in [5.41, 5.74) is 2.37. The minimum absolute atomic E-state index is 0.0315. The van der Waals surface area contributed by atoms with Gasteiger partial charge in [0.25, 0.3) is 0 Å². The van der Waals surface area contributed by atoms with Crippen molar-refractivity contribution in [1.29, 1.82) is 0 Å². The van der Waals surface area contributed by atoms with Gasteiger partial charge in [-0.05, 0) is 25.0 Å². The first-order valence-electron chi connectivity index (χ1n) is 4.93. The van der Waals surface area contributed by atoms with Crippen LogP contribution in [0.15, 0.2) is 18.5 Å². The molecule has 0 atom stereocenters. The topological polar surface area (TPSA) is 34.1 Å². The van der Waals surface area contributed by atoms with E-state index in [1.807, 2.05) is 19.3 Å². The van der Waals surface area contributed by atoms with Crippen molar-refractivity contribution in [2.75, 3.05) is 13.1 Å². The molecule has 1 aromatic heterocycles. The van der Waals surface area contributed by atoms with Gasteiger partial charge < -0.3 is 10.1 Å². The van der Waals surface area contributed by atoms with Gasteiger partial charge in [-0.1, -0.05) is 6.07 Å². The van der Waals surface area contributed by atoms with Crippen LogP contribution in [0.4, 0.5) is 0 Å². The van der Waals surface area contributed by atoms with E-state index in [2.05, 4.69) is 23.3 Å². The highest BCUT2D eigenvalue weighted by molar-refractivity contribution is 5.15. The Morgan fingerprint density at radius 3 is 2.86 bits per heavy atom. The Bertz CT molecular complexity index is 321. The normalized spacial score (nSPS) is 19.0. The van der Waals surface area contributed by atoms with Crippen molar-refractivity contribution in [2.45, 2.75) is 26.1 Å². The number of pyridine rings is 1. The zero-order valence-electron chi connectivity index (χ0n) is 8.71. The predicted molar refractivity (Wildman–Crippen MR) is 55.0 cm³/mol.